The first kappa shape index (κ1) is 21.3. The van der Waals surface area contributed by atoms with E-state index in [9.17, 15) is 4.79 Å². The van der Waals surface area contributed by atoms with Gasteiger partial charge in [-0.2, -0.15) is 5.10 Å². The summed E-state index contributed by atoms with van der Waals surface area (Å²) in [6, 6.07) is 9.98. The minimum Gasteiger partial charge on any atom is -0.494 e. The van der Waals surface area contributed by atoms with Crippen LogP contribution in [0.15, 0.2) is 36.5 Å². The van der Waals surface area contributed by atoms with E-state index in [-0.39, 0.29) is 18.3 Å². The van der Waals surface area contributed by atoms with Crippen molar-refractivity contribution in [2.75, 3.05) is 19.7 Å². The Balaban J connectivity index is 0.00000261. The maximum atomic E-state index is 12.4. The van der Waals surface area contributed by atoms with Gasteiger partial charge in [0.25, 0.3) is 5.91 Å². The molecule has 1 fully saturated rings. The molecule has 1 aliphatic rings. The van der Waals surface area contributed by atoms with Crippen LogP contribution in [0.2, 0.25) is 0 Å². The zero-order valence-corrected chi connectivity index (χ0v) is 16.6. The number of halogens is 1. The number of carbonyl (C=O) groups is 1. The second kappa shape index (κ2) is 10.9. The van der Waals surface area contributed by atoms with Gasteiger partial charge in [0.1, 0.15) is 11.4 Å². The number of ether oxygens (including phenoxy) is 1. The molecule has 0 saturated carbocycles. The quantitative estimate of drug-likeness (QED) is 0.676. The highest BCUT2D eigenvalue weighted by Gasteiger charge is 2.17. The van der Waals surface area contributed by atoms with Crippen molar-refractivity contribution >= 4 is 18.3 Å². The fourth-order valence-corrected chi connectivity index (χ4v) is 3.07. The Labute approximate surface area is 167 Å². The van der Waals surface area contributed by atoms with Crippen molar-refractivity contribution in [2.24, 2.45) is 0 Å². The van der Waals surface area contributed by atoms with Gasteiger partial charge in [-0.1, -0.05) is 25.5 Å². The summed E-state index contributed by atoms with van der Waals surface area (Å²) in [7, 11) is 0. The number of nitrogens with zero attached hydrogens (tertiary/aromatic N) is 2. The van der Waals surface area contributed by atoms with Crippen molar-refractivity contribution in [3.8, 4) is 5.75 Å². The smallest absolute Gasteiger partial charge is 0.272 e. The van der Waals surface area contributed by atoms with Gasteiger partial charge in [0.05, 0.1) is 12.6 Å². The van der Waals surface area contributed by atoms with Gasteiger partial charge in [-0.05, 0) is 49.6 Å². The predicted octanol–water partition coefficient (Wildman–Crippen LogP) is 3.34. The van der Waals surface area contributed by atoms with Gasteiger partial charge in [-0.15, -0.1) is 12.4 Å². The number of unbranched alkanes of at least 4 members (excludes halogenated alkanes) is 1. The van der Waals surface area contributed by atoms with Crippen molar-refractivity contribution in [1.29, 1.82) is 0 Å². The first-order valence-corrected chi connectivity index (χ1v) is 9.52. The van der Waals surface area contributed by atoms with Gasteiger partial charge in [0.2, 0.25) is 0 Å². The lowest BCUT2D eigenvalue weighted by atomic mass is 10.1. The number of nitrogens with one attached hydrogen (secondary N) is 2. The second-order valence-corrected chi connectivity index (χ2v) is 6.71. The van der Waals surface area contributed by atoms with Crippen molar-refractivity contribution in [3.05, 3.63) is 47.8 Å². The Morgan fingerprint density at radius 3 is 3.07 bits per heavy atom. The molecule has 1 amide bonds. The summed E-state index contributed by atoms with van der Waals surface area (Å²) in [6.07, 6.45) is 6.29. The van der Waals surface area contributed by atoms with Crippen LogP contribution in [-0.2, 0) is 6.54 Å². The molecule has 2 aromatic rings. The summed E-state index contributed by atoms with van der Waals surface area (Å²) in [4.78, 5) is 12.4. The third-order valence-electron chi connectivity index (χ3n) is 4.60. The van der Waals surface area contributed by atoms with Crippen LogP contribution in [0.4, 0.5) is 0 Å². The molecule has 3 rings (SSSR count). The SMILES string of the molecule is CCCCOc1cccc(CNC(=O)c2ccn(C3CCCNC3)n2)c1.Cl. The topological polar surface area (TPSA) is 68.2 Å². The number of amides is 1. The van der Waals surface area contributed by atoms with E-state index in [1.165, 1.54) is 0 Å². The molecule has 7 heteroatoms. The molecule has 0 bridgehead atoms. The number of carbonyl (C=O) groups excluding carboxylic acids is 1. The Kier molecular flexibility index (Phi) is 8.61. The van der Waals surface area contributed by atoms with Crippen LogP contribution in [-0.4, -0.2) is 35.4 Å². The Morgan fingerprint density at radius 2 is 2.30 bits per heavy atom. The normalized spacial score (nSPS) is 16.4. The Morgan fingerprint density at radius 1 is 1.41 bits per heavy atom. The lowest BCUT2D eigenvalue weighted by Crippen LogP contribution is -2.32. The standard InChI is InChI=1S/C20H28N4O2.ClH/c1-2-3-12-26-18-8-4-6-16(13-18)14-22-20(25)19-9-11-24(23-19)17-7-5-10-21-15-17;/h4,6,8-9,11,13,17,21H,2-3,5,7,10,12,14-15H2,1H3,(H,22,25);1H. The van der Waals surface area contributed by atoms with Gasteiger partial charge in [0, 0.05) is 19.3 Å². The third kappa shape index (κ3) is 6.26. The molecule has 1 saturated heterocycles. The van der Waals surface area contributed by atoms with Gasteiger partial charge >= 0.3 is 0 Å². The molecule has 0 spiro atoms. The lowest BCUT2D eigenvalue weighted by Gasteiger charge is -2.22. The average molecular weight is 393 g/mol. The number of aromatic nitrogens is 2. The van der Waals surface area contributed by atoms with Crippen LogP contribution in [0, 0.1) is 0 Å². The van der Waals surface area contributed by atoms with Crippen LogP contribution >= 0.6 is 12.4 Å². The highest BCUT2D eigenvalue weighted by atomic mass is 35.5. The minimum absolute atomic E-state index is 0. The van der Waals surface area contributed by atoms with E-state index < -0.39 is 0 Å². The molecule has 1 atom stereocenters. The predicted molar refractivity (Wildman–Crippen MR) is 109 cm³/mol. The number of hydrogen-bond donors (Lipinski definition) is 2. The summed E-state index contributed by atoms with van der Waals surface area (Å²) in [5.41, 5.74) is 1.48. The van der Waals surface area contributed by atoms with Gasteiger partial charge in [-0.3, -0.25) is 9.48 Å². The van der Waals surface area contributed by atoms with Crippen LogP contribution in [0.5, 0.6) is 5.75 Å². The number of piperidine rings is 1. The molecule has 6 nitrogen and oxygen atoms in total. The minimum atomic E-state index is -0.148. The fourth-order valence-electron chi connectivity index (χ4n) is 3.07. The number of benzene rings is 1. The fraction of sp³-hybridized carbons (Fsp3) is 0.500. The van der Waals surface area contributed by atoms with Crippen molar-refractivity contribution < 1.29 is 9.53 Å². The van der Waals surface area contributed by atoms with Gasteiger partial charge in [0.15, 0.2) is 0 Å². The zero-order chi connectivity index (χ0) is 18.2. The van der Waals surface area contributed by atoms with Crippen LogP contribution in [0.1, 0.15) is 54.7 Å². The molecule has 2 heterocycles. The Hall–Kier alpha value is -2.05. The van der Waals surface area contributed by atoms with Crippen LogP contribution in [0.25, 0.3) is 0 Å². The molecule has 1 aromatic carbocycles. The van der Waals surface area contributed by atoms with Crippen molar-refractivity contribution in [3.63, 3.8) is 0 Å². The summed E-state index contributed by atoms with van der Waals surface area (Å²) in [5, 5.41) is 10.8. The van der Waals surface area contributed by atoms with E-state index in [1.54, 1.807) is 6.07 Å². The van der Waals surface area contributed by atoms with E-state index in [1.807, 2.05) is 35.1 Å². The summed E-state index contributed by atoms with van der Waals surface area (Å²) < 4.78 is 7.62. The van der Waals surface area contributed by atoms with E-state index in [2.05, 4.69) is 22.7 Å². The molecule has 148 valence electrons. The summed E-state index contributed by atoms with van der Waals surface area (Å²) >= 11 is 0. The molecule has 27 heavy (non-hydrogen) atoms. The number of hydrogen-bond acceptors (Lipinski definition) is 4. The molecule has 2 N–H and O–H groups in total. The van der Waals surface area contributed by atoms with E-state index >= 15 is 0 Å². The maximum absolute atomic E-state index is 12.4. The van der Waals surface area contributed by atoms with E-state index in [4.69, 9.17) is 4.74 Å². The molecular weight excluding hydrogens is 364 g/mol. The zero-order valence-electron chi connectivity index (χ0n) is 15.8. The van der Waals surface area contributed by atoms with Crippen molar-refractivity contribution in [2.45, 2.75) is 45.2 Å². The first-order valence-electron chi connectivity index (χ1n) is 9.52. The molecule has 1 aromatic heterocycles. The van der Waals surface area contributed by atoms with Crippen molar-refractivity contribution in [1.82, 2.24) is 20.4 Å². The second-order valence-electron chi connectivity index (χ2n) is 6.71. The van der Waals surface area contributed by atoms with Crippen LogP contribution in [0.3, 0.4) is 0 Å². The Bertz CT molecular complexity index is 714. The highest BCUT2D eigenvalue weighted by Crippen LogP contribution is 2.16. The first-order chi connectivity index (χ1) is 12.8. The molecule has 1 aliphatic heterocycles. The summed E-state index contributed by atoms with van der Waals surface area (Å²) in [6.45, 7) is 5.29. The number of rotatable bonds is 8. The molecular formula is C20H29ClN4O2. The third-order valence-corrected chi connectivity index (χ3v) is 4.60. The largest absolute Gasteiger partial charge is 0.494 e. The highest BCUT2D eigenvalue weighted by molar-refractivity contribution is 5.92. The summed E-state index contributed by atoms with van der Waals surface area (Å²) in [5.74, 6) is 0.698. The van der Waals surface area contributed by atoms with Crippen LogP contribution < -0.4 is 15.4 Å². The van der Waals surface area contributed by atoms with E-state index in [0.29, 0.717) is 18.3 Å². The van der Waals surface area contributed by atoms with Gasteiger partial charge in [-0.25, -0.2) is 0 Å². The van der Waals surface area contributed by atoms with Gasteiger partial charge < -0.3 is 15.4 Å². The van der Waals surface area contributed by atoms with E-state index in [0.717, 1.165) is 56.7 Å². The molecule has 1 unspecified atom stereocenters. The molecule has 0 radical (unpaired) electrons. The lowest BCUT2D eigenvalue weighted by molar-refractivity contribution is 0.0944. The maximum Gasteiger partial charge on any atom is 0.272 e. The molecule has 0 aliphatic carbocycles. The monoisotopic (exact) mass is 392 g/mol. The average Bonchev–Trinajstić information content (AvgIpc) is 3.18.